The molecule has 2 nitrogen and oxygen atoms in total. The smallest absolute Gasteiger partial charge is 0.103 e. The van der Waals surface area contributed by atoms with Crippen molar-refractivity contribution in [2.45, 2.75) is 32.2 Å². The maximum absolute atomic E-state index is 5.40. The summed E-state index contributed by atoms with van der Waals surface area (Å²) in [4.78, 5) is 1.38. The molecule has 0 fully saturated rings. The number of nitrogens with one attached hydrogen (secondary N) is 1. The molecule has 4 heteroatoms. The Balaban J connectivity index is 1.99. The van der Waals surface area contributed by atoms with E-state index in [9.17, 15) is 0 Å². The lowest BCUT2D eigenvalue weighted by Gasteiger charge is -2.17. The predicted octanol–water partition coefficient (Wildman–Crippen LogP) is 4.78. The number of halogens is 1. The fourth-order valence-electron chi connectivity index (χ4n) is 1.94. The minimum Gasteiger partial charge on any atom is -0.469 e. The van der Waals surface area contributed by atoms with Gasteiger partial charge in [0.15, 0.2) is 0 Å². The fourth-order valence-corrected chi connectivity index (χ4v) is 3.70. The van der Waals surface area contributed by atoms with Crippen molar-refractivity contribution in [1.82, 2.24) is 5.32 Å². The molecular formula is C14H18BrNOS. The van der Waals surface area contributed by atoms with Crippen LogP contribution in [0.25, 0.3) is 0 Å². The van der Waals surface area contributed by atoms with Gasteiger partial charge in [-0.05, 0) is 58.9 Å². The Morgan fingerprint density at radius 3 is 2.94 bits per heavy atom. The van der Waals surface area contributed by atoms with Crippen LogP contribution in [-0.4, -0.2) is 6.54 Å². The molecule has 2 aromatic rings. The van der Waals surface area contributed by atoms with Gasteiger partial charge >= 0.3 is 0 Å². The third-order valence-electron chi connectivity index (χ3n) is 2.86. The van der Waals surface area contributed by atoms with Crippen LogP contribution in [0.5, 0.6) is 0 Å². The standard InChI is InChI=1S/C14H18BrNOS/c1-2-8-16-13(14-12(15)7-10-18-14)6-5-11-4-3-9-17-11/h3-4,7,9-10,13,16H,2,5-6,8H2,1H3. The minimum atomic E-state index is 0.407. The third kappa shape index (κ3) is 3.70. The number of hydrogen-bond acceptors (Lipinski definition) is 3. The summed E-state index contributed by atoms with van der Waals surface area (Å²) in [5.41, 5.74) is 0. The van der Waals surface area contributed by atoms with E-state index in [1.54, 1.807) is 17.6 Å². The summed E-state index contributed by atoms with van der Waals surface area (Å²) >= 11 is 5.43. The number of furan rings is 1. The maximum atomic E-state index is 5.40. The second-order valence-electron chi connectivity index (χ2n) is 4.26. The van der Waals surface area contributed by atoms with Gasteiger partial charge in [0.25, 0.3) is 0 Å². The van der Waals surface area contributed by atoms with Crippen LogP contribution in [0.4, 0.5) is 0 Å². The molecule has 98 valence electrons. The highest BCUT2D eigenvalue weighted by molar-refractivity contribution is 9.10. The molecule has 2 heterocycles. The van der Waals surface area contributed by atoms with Gasteiger partial charge in [-0.25, -0.2) is 0 Å². The van der Waals surface area contributed by atoms with Gasteiger partial charge in [-0.15, -0.1) is 11.3 Å². The molecule has 0 saturated heterocycles. The van der Waals surface area contributed by atoms with Gasteiger partial charge in [0, 0.05) is 21.8 Å². The lowest BCUT2D eigenvalue weighted by molar-refractivity contribution is 0.455. The molecule has 2 aromatic heterocycles. The monoisotopic (exact) mass is 327 g/mol. The Kier molecular flexibility index (Phi) is 5.47. The highest BCUT2D eigenvalue weighted by Crippen LogP contribution is 2.31. The van der Waals surface area contributed by atoms with Crippen molar-refractivity contribution in [3.05, 3.63) is 45.0 Å². The van der Waals surface area contributed by atoms with E-state index in [4.69, 9.17) is 4.42 Å². The van der Waals surface area contributed by atoms with Crippen LogP contribution in [0.1, 0.15) is 36.4 Å². The van der Waals surface area contributed by atoms with Crippen LogP contribution < -0.4 is 5.32 Å². The Labute approximate surface area is 121 Å². The van der Waals surface area contributed by atoms with Gasteiger partial charge in [-0.1, -0.05) is 6.92 Å². The molecule has 0 amide bonds. The molecule has 0 aromatic carbocycles. The van der Waals surface area contributed by atoms with Gasteiger partial charge < -0.3 is 9.73 Å². The number of thiophene rings is 1. The molecule has 1 N–H and O–H groups in total. The van der Waals surface area contributed by atoms with Crippen molar-refractivity contribution in [3.8, 4) is 0 Å². The summed E-state index contributed by atoms with van der Waals surface area (Å²) in [5.74, 6) is 1.06. The Hall–Kier alpha value is -0.580. The number of aryl methyl sites for hydroxylation is 1. The molecule has 0 aliphatic carbocycles. The zero-order valence-corrected chi connectivity index (χ0v) is 12.9. The van der Waals surface area contributed by atoms with Crippen LogP contribution in [0.15, 0.2) is 38.7 Å². The Morgan fingerprint density at radius 1 is 1.44 bits per heavy atom. The van der Waals surface area contributed by atoms with Crippen LogP contribution in [0.3, 0.4) is 0 Å². The Bertz CT molecular complexity index is 452. The van der Waals surface area contributed by atoms with Crippen molar-refractivity contribution in [1.29, 1.82) is 0 Å². The normalized spacial score (nSPS) is 12.8. The van der Waals surface area contributed by atoms with Crippen molar-refractivity contribution in [2.24, 2.45) is 0 Å². The van der Waals surface area contributed by atoms with Gasteiger partial charge in [0.1, 0.15) is 5.76 Å². The zero-order valence-electron chi connectivity index (χ0n) is 10.5. The molecule has 0 bridgehead atoms. The predicted molar refractivity (Wildman–Crippen MR) is 80.1 cm³/mol. The van der Waals surface area contributed by atoms with E-state index < -0.39 is 0 Å². The van der Waals surface area contributed by atoms with E-state index in [2.05, 4.69) is 39.6 Å². The molecule has 18 heavy (non-hydrogen) atoms. The van der Waals surface area contributed by atoms with Crippen LogP contribution >= 0.6 is 27.3 Å². The van der Waals surface area contributed by atoms with Gasteiger partial charge in [-0.2, -0.15) is 0 Å². The van der Waals surface area contributed by atoms with E-state index in [0.29, 0.717) is 6.04 Å². The second-order valence-corrected chi connectivity index (χ2v) is 6.06. The molecule has 0 radical (unpaired) electrons. The van der Waals surface area contributed by atoms with Crippen molar-refractivity contribution >= 4 is 27.3 Å². The minimum absolute atomic E-state index is 0.407. The van der Waals surface area contributed by atoms with Crippen LogP contribution in [0.2, 0.25) is 0 Å². The van der Waals surface area contributed by atoms with E-state index >= 15 is 0 Å². The lowest BCUT2D eigenvalue weighted by Crippen LogP contribution is -2.22. The molecular weight excluding hydrogens is 310 g/mol. The molecule has 1 atom stereocenters. The largest absolute Gasteiger partial charge is 0.469 e. The first kappa shape index (κ1) is 13.8. The first-order valence-electron chi connectivity index (χ1n) is 6.30. The highest BCUT2D eigenvalue weighted by Gasteiger charge is 2.15. The average Bonchev–Trinajstić information content (AvgIpc) is 3.01. The molecule has 0 spiro atoms. The summed E-state index contributed by atoms with van der Waals surface area (Å²) in [6, 6.07) is 6.52. The molecule has 0 saturated carbocycles. The number of rotatable bonds is 7. The second kappa shape index (κ2) is 7.12. The summed E-state index contributed by atoms with van der Waals surface area (Å²) in [5, 5.41) is 5.75. The maximum Gasteiger partial charge on any atom is 0.103 e. The summed E-state index contributed by atoms with van der Waals surface area (Å²) < 4.78 is 6.61. The highest BCUT2D eigenvalue weighted by atomic mass is 79.9. The van der Waals surface area contributed by atoms with E-state index in [1.807, 2.05) is 12.1 Å². The topological polar surface area (TPSA) is 25.2 Å². The number of hydrogen-bond donors (Lipinski definition) is 1. The lowest BCUT2D eigenvalue weighted by atomic mass is 10.1. The van der Waals surface area contributed by atoms with Crippen molar-refractivity contribution in [2.75, 3.05) is 6.54 Å². The summed E-state index contributed by atoms with van der Waals surface area (Å²) in [6.45, 7) is 3.24. The average molecular weight is 328 g/mol. The third-order valence-corrected chi connectivity index (χ3v) is 4.85. The van der Waals surface area contributed by atoms with Gasteiger partial charge in [0.2, 0.25) is 0 Å². The molecule has 0 aliphatic rings. The SMILES string of the molecule is CCCNC(CCc1ccco1)c1sccc1Br. The Morgan fingerprint density at radius 2 is 2.33 bits per heavy atom. The molecule has 2 rings (SSSR count). The molecule has 0 aliphatic heterocycles. The summed E-state index contributed by atoms with van der Waals surface area (Å²) in [7, 11) is 0. The van der Waals surface area contributed by atoms with Crippen LogP contribution in [-0.2, 0) is 6.42 Å². The van der Waals surface area contributed by atoms with Crippen molar-refractivity contribution < 1.29 is 4.42 Å². The van der Waals surface area contributed by atoms with Crippen LogP contribution in [0, 0.1) is 0 Å². The van der Waals surface area contributed by atoms with E-state index in [0.717, 1.165) is 31.6 Å². The first-order chi connectivity index (χ1) is 8.81. The summed E-state index contributed by atoms with van der Waals surface area (Å²) in [6.07, 6.45) is 4.93. The van der Waals surface area contributed by atoms with E-state index in [-0.39, 0.29) is 0 Å². The fraction of sp³-hybridized carbons (Fsp3) is 0.429. The van der Waals surface area contributed by atoms with E-state index in [1.165, 1.54) is 9.35 Å². The van der Waals surface area contributed by atoms with Gasteiger partial charge in [-0.3, -0.25) is 0 Å². The first-order valence-corrected chi connectivity index (χ1v) is 7.97. The zero-order chi connectivity index (χ0) is 12.8. The van der Waals surface area contributed by atoms with Gasteiger partial charge in [0.05, 0.1) is 6.26 Å². The van der Waals surface area contributed by atoms with Crippen molar-refractivity contribution in [3.63, 3.8) is 0 Å². The molecule has 1 unspecified atom stereocenters. The quantitative estimate of drug-likeness (QED) is 0.791.